The highest BCUT2D eigenvalue weighted by atomic mass is 79.9. The summed E-state index contributed by atoms with van der Waals surface area (Å²) in [5.74, 6) is 0.762. The fourth-order valence-corrected chi connectivity index (χ4v) is 3.20. The van der Waals surface area contributed by atoms with Crippen LogP contribution in [-0.4, -0.2) is 35.0 Å². The molecule has 1 saturated heterocycles. The van der Waals surface area contributed by atoms with Crippen LogP contribution >= 0.6 is 27.5 Å². The number of ether oxygens (including phenoxy) is 1. The van der Waals surface area contributed by atoms with E-state index in [0.717, 1.165) is 22.9 Å². The number of aromatic nitrogens is 1. The van der Waals surface area contributed by atoms with Crippen LogP contribution in [0, 0.1) is 0 Å². The summed E-state index contributed by atoms with van der Waals surface area (Å²) < 4.78 is 6.79. The number of nitrogens with zero attached hydrogens (tertiary/aromatic N) is 2. The molecule has 0 spiro atoms. The average molecular weight is 410 g/mol. The highest BCUT2D eigenvalue weighted by molar-refractivity contribution is 9.10. The lowest BCUT2D eigenvalue weighted by Gasteiger charge is -2.32. The van der Waals surface area contributed by atoms with Crippen molar-refractivity contribution in [3.63, 3.8) is 0 Å². The van der Waals surface area contributed by atoms with Crippen molar-refractivity contribution in [1.29, 1.82) is 0 Å². The SMILES string of the molecule is O=C(Cc1ccc(Cl)cc1)N1CCC(Oc2ncccc2Br)CC1. The molecule has 1 amide bonds. The van der Waals surface area contributed by atoms with Gasteiger partial charge in [-0.25, -0.2) is 4.98 Å². The second-order valence-electron chi connectivity index (χ2n) is 5.79. The van der Waals surface area contributed by atoms with Gasteiger partial charge in [0.2, 0.25) is 11.8 Å². The van der Waals surface area contributed by atoms with Crippen molar-refractivity contribution in [3.05, 3.63) is 57.7 Å². The molecule has 0 unspecified atom stereocenters. The smallest absolute Gasteiger partial charge is 0.228 e. The van der Waals surface area contributed by atoms with Crippen LogP contribution in [0.4, 0.5) is 0 Å². The Bertz CT molecular complexity index is 700. The van der Waals surface area contributed by atoms with Gasteiger partial charge < -0.3 is 9.64 Å². The molecule has 4 nitrogen and oxygen atoms in total. The van der Waals surface area contributed by atoms with Crippen LogP contribution < -0.4 is 4.74 Å². The Morgan fingerprint density at radius 2 is 1.96 bits per heavy atom. The summed E-state index contributed by atoms with van der Waals surface area (Å²) in [6, 6.07) is 11.2. The third-order valence-corrected chi connectivity index (χ3v) is 4.92. The number of hydrogen-bond acceptors (Lipinski definition) is 3. The molecule has 0 radical (unpaired) electrons. The number of halogens is 2. The van der Waals surface area contributed by atoms with E-state index in [2.05, 4.69) is 20.9 Å². The summed E-state index contributed by atoms with van der Waals surface area (Å²) >= 11 is 9.31. The molecule has 1 aliphatic heterocycles. The van der Waals surface area contributed by atoms with Gasteiger partial charge in [-0.05, 0) is 45.8 Å². The Morgan fingerprint density at radius 3 is 2.62 bits per heavy atom. The van der Waals surface area contributed by atoms with Gasteiger partial charge >= 0.3 is 0 Å². The third kappa shape index (κ3) is 4.48. The standard InChI is InChI=1S/C18H18BrClN2O2/c19-16-2-1-9-21-18(16)24-15-7-10-22(11-8-15)17(23)12-13-3-5-14(20)6-4-13/h1-6,9,15H,7-8,10-12H2. The Kier molecular flexibility index (Phi) is 5.74. The van der Waals surface area contributed by atoms with Crippen molar-refractivity contribution in [2.75, 3.05) is 13.1 Å². The molecule has 1 fully saturated rings. The first kappa shape index (κ1) is 17.2. The van der Waals surface area contributed by atoms with Crippen LogP contribution in [0.1, 0.15) is 18.4 Å². The van der Waals surface area contributed by atoms with E-state index >= 15 is 0 Å². The molecule has 6 heteroatoms. The zero-order valence-corrected chi connectivity index (χ0v) is 15.5. The van der Waals surface area contributed by atoms with E-state index in [0.29, 0.717) is 30.4 Å². The summed E-state index contributed by atoms with van der Waals surface area (Å²) in [7, 11) is 0. The minimum Gasteiger partial charge on any atom is -0.473 e. The third-order valence-electron chi connectivity index (χ3n) is 4.07. The topological polar surface area (TPSA) is 42.4 Å². The number of likely N-dealkylation sites (tertiary alicyclic amines) is 1. The molecule has 126 valence electrons. The van der Waals surface area contributed by atoms with Gasteiger partial charge in [0.15, 0.2) is 0 Å². The molecule has 0 saturated carbocycles. The van der Waals surface area contributed by atoms with E-state index in [4.69, 9.17) is 16.3 Å². The zero-order chi connectivity index (χ0) is 16.9. The van der Waals surface area contributed by atoms with E-state index in [9.17, 15) is 4.79 Å². The number of hydrogen-bond donors (Lipinski definition) is 0. The molecule has 0 bridgehead atoms. The van der Waals surface area contributed by atoms with Gasteiger partial charge in [0, 0.05) is 37.2 Å². The highest BCUT2D eigenvalue weighted by Crippen LogP contribution is 2.25. The van der Waals surface area contributed by atoms with Gasteiger partial charge in [-0.2, -0.15) is 0 Å². The maximum absolute atomic E-state index is 12.4. The van der Waals surface area contributed by atoms with Crippen molar-refractivity contribution >= 4 is 33.4 Å². The van der Waals surface area contributed by atoms with Crippen LogP contribution in [0.5, 0.6) is 5.88 Å². The molecule has 1 aromatic carbocycles. The van der Waals surface area contributed by atoms with Crippen LogP contribution in [0.2, 0.25) is 5.02 Å². The van der Waals surface area contributed by atoms with Gasteiger partial charge in [0.25, 0.3) is 0 Å². The molecule has 0 atom stereocenters. The Labute approximate surface area is 154 Å². The van der Waals surface area contributed by atoms with Gasteiger partial charge in [-0.1, -0.05) is 23.7 Å². The average Bonchev–Trinajstić information content (AvgIpc) is 2.59. The first-order valence-electron chi connectivity index (χ1n) is 7.91. The van der Waals surface area contributed by atoms with E-state index in [1.165, 1.54) is 0 Å². The van der Waals surface area contributed by atoms with Gasteiger partial charge in [-0.3, -0.25) is 4.79 Å². The number of amides is 1. The molecule has 2 aromatic rings. The second kappa shape index (κ2) is 7.99. The normalized spacial score (nSPS) is 15.3. The van der Waals surface area contributed by atoms with Crippen molar-refractivity contribution < 1.29 is 9.53 Å². The molecule has 0 aliphatic carbocycles. The van der Waals surface area contributed by atoms with Crippen LogP contribution in [-0.2, 0) is 11.2 Å². The number of rotatable bonds is 4. The van der Waals surface area contributed by atoms with E-state index in [1.807, 2.05) is 41.3 Å². The molecule has 0 N–H and O–H groups in total. The lowest BCUT2D eigenvalue weighted by Crippen LogP contribution is -2.42. The molecule has 1 aliphatic rings. The fourth-order valence-electron chi connectivity index (χ4n) is 2.73. The Morgan fingerprint density at radius 1 is 1.25 bits per heavy atom. The van der Waals surface area contributed by atoms with Crippen molar-refractivity contribution in [2.45, 2.75) is 25.4 Å². The number of carbonyl (C=O) groups excluding carboxylic acids is 1. The Hall–Kier alpha value is -1.59. The predicted molar refractivity (Wildman–Crippen MR) is 97.3 cm³/mol. The van der Waals surface area contributed by atoms with Crippen molar-refractivity contribution in [1.82, 2.24) is 9.88 Å². The summed E-state index contributed by atoms with van der Waals surface area (Å²) in [6.07, 6.45) is 3.85. The molecule has 24 heavy (non-hydrogen) atoms. The van der Waals surface area contributed by atoms with Gasteiger partial charge in [-0.15, -0.1) is 0 Å². The first-order valence-corrected chi connectivity index (χ1v) is 9.08. The van der Waals surface area contributed by atoms with Crippen molar-refractivity contribution in [2.24, 2.45) is 0 Å². The highest BCUT2D eigenvalue weighted by Gasteiger charge is 2.24. The number of piperidine rings is 1. The lowest BCUT2D eigenvalue weighted by molar-refractivity contribution is -0.132. The number of carbonyl (C=O) groups is 1. The molecular weight excluding hydrogens is 392 g/mol. The summed E-state index contributed by atoms with van der Waals surface area (Å²) in [5.41, 5.74) is 0.986. The van der Waals surface area contributed by atoms with Crippen LogP contribution in [0.15, 0.2) is 47.1 Å². The maximum Gasteiger partial charge on any atom is 0.228 e. The quantitative estimate of drug-likeness (QED) is 0.763. The first-order chi connectivity index (χ1) is 11.6. The molecule has 2 heterocycles. The van der Waals surface area contributed by atoms with Gasteiger partial charge in [0.1, 0.15) is 6.10 Å². The second-order valence-corrected chi connectivity index (χ2v) is 7.08. The largest absolute Gasteiger partial charge is 0.473 e. The van der Waals surface area contributed by atoms with Crippen molar-refractivity contribution in [3.8, 4) is 5.88 Å². The van der Waals surface area contributed by atoms with Gasteiger partial charge in [0.05, 0.1) is 10.9 Å². The Balaban J connectivity index is 1.50. The maximum atomic E-state index is 12.4. The minimum atomic E-state index is 0.0933. The predicted octanol–water partition coefficient (Wildman–Crippen LogP) is 4.11. The fraction of sp³-hybridized carbons (Fsp3) is 0.333. The number of benzene rings is 1. The summed E-state index contributed by atoms with van der Waals surface area (Å²) in [6.45, 7) is 1.42. The van der Waals surface area contributed by atoms with Crippen LogP contribution in [0.25, 0.3) is 0 Å². The minimum absolute atomic E-state index is 0.0933. The summed E-state index contributed by atoms with van der Waals surface area (Å²) in [4.78, 5) is 18.5. The van der Waals surface area contributed by atoms with Crippen LogP contribution in [0.3, 0.4) is 0 Å². The zero-order valence-electron chi connectivity index (χ0n) is 13.1. The molecule has 1 aromatic heterocycles. The summed E-state index contributed by atoms with van der Waals surface area (Å²) in [5, 5.41) is 0.685. The van der Waals surface area contributed by atoms with E-state index in [1.54, 1.807) is 6.20 Å². The molecule has 3 rings (SSSR count). The monoisotopic (exact) mass is 408 g/mol. The number of pyridine rings is 1. The van der Waals surface area contributed by atoms with E-state index < -0.39 is 0 Å². The lowest BCUT2D eigenvalue weighted by atomic mass is 10.1. The van der Waals surface area contributed by atoms with E-state index in [-0.39, 0.29) is 12.0 Å². The molecular formula is C18H18BrClN2O2.